The predicted octanol–water partition coefficient (Wildman–Crippen LogP) is 15.6. The molecule has 6 heterocycles. The van der Waals surface area contributed by atoms with E-state index in [1.807, 2.05) is 166 Å². The average molecular weight is 1220 g/mol. The Hall–Kier alpha value is -4.41. The minimum Gasteiger partial charge on any atom is -0.382 e. The van der Waals surface area contributed by atoms with E-state index in [9.17, 15) is 4.79 Å². The highest BCUT2D eigenvalue weighted by Crippen LogP contribution is 2.29. The molecule has 0 unspecified atom stereocenters. The Morgan fingerprint density at radius 3 is 1.11 bits per heavy atom. The third-order valence-corrected chi connectivity index (χ3v) is 7.03. The van der Waals surface area contributed by atoms with Crippen molar-refractivity contribution in [2.45, 2.75) is 195 Å². The first-order chi connectivity index (χ1) is 30.8. The molecule has 405 valence electrons. The Balaban J connectivity index is -0.0000000534. The maximum atomic E-state index is 11.1. The molecule has 9 radical (unpaired) electrons. The average Bonchev–Trinajstić information content (AvgIpc) is 4.08. The van der Waals surface area contributed by atoms with E-state index in [4.69, 9.17) is 25.0 Å². The van der Waals surface area contributed by atoms with Crippen LogP contribution >= 0.6 is 46.6 Å². The predicted molar refractivity (Wildman–Crippen MR) is 332 cm³/mol. The van der Waals surface area contributed by atoms with Crippen LogP contribution in [0.25, 0.3) is 34.4 Å². The van der Waals surface area contributed by atoms with E-state index < -0.39 is 0 Å². The van der Waals surface area contributed by atoms with Gasteiger partial charge < -0.3 is 30.4 Å². The molecular weight excluding hydrogens is 1120 g/mol. The molecule has 0 aliphatic rings. The SMILES string of the molecule is C.C.C.CC.CC.CC.CC.CC.CC.CC.CC.CC.CC(=O)Nc1ncc(C)nc1-c1cc(C)no1.Cc1cc(-c2nc(C)cnc2N)on1.Cc1cnc(N)c(-c2onc(C)c2I)n1.I.[B].[B].[B]. The summed E-state index contributed by atoms with van der Waals surface area (Å²) in [5.74, 6) is 2.50. The van der Waals surface area contributed by atoms with Crippen LogP contribution in [0.1, 0.15) is 188 Å². The van der Waals surface area contributed by atoms with Gasteiger partial charge in [-0.25, -0.2) is 29.9 Å². The summed E-state index contributed by atoms with van der Waals surface area (Å²) in [6.07, 6.45) is 4.81. The standard InChI is InChI=1S/C11H12N4O2.C9H9IN4O.C9H10N4O.9C2H6.3CH4.3B.HI/c1-6-4-9(17-15-6)10-11(14-8(3)16)12-5-7(2)13-10;1-4-3-12-9(11)7(13-4)8-6(10)5(2)14-15-8;1-5-3-7(14-13-5)8-9(10)11-4-6(2)12-8;9*1-2;;;;;;;/h4-5H,1-3H3,(H,12,14,16);3H,1-2H3,(H2,11,12);3-4H,1-2H3,(H2,10,11);9*1-2H3;3*1H4;;;;1H. The van der Waals surface area contributed by atoms with Gasteiger partial charge in [-0.15, -0.1) is 24.0 Å². The minimum atomic E-state index is -0.208. The third kappa shape index (κ3) is 39.8. The molecule has 1 amide bonds. The summed E-state index contributed by atoms with van der Waals surface area (Å²) in [6, 6.07) is 3.52. The molecule has 71 heavy (non-hydrogen) atoms. The van der Waals surface area contributed by atoms with E-state index in [-0.39, 0.29) is 77.4 Å². The summed E-state index contributed by atoms with van der Waals surface area (Å²) < 4.78 is 16.3. The zero-order chi connectivity index (χ0) is 51.5. The normalized spacial score (nSPS) is 7.52. The molecule has 6 aromatic rings. The molecule has 0 atom stereocenters. The van der Waals surface area contributed by atoms with E-state index in [0.29, 0.717) is 51.8 Å². The van der Waals surface area contributed by atoms with Gasteiger partial charge in [0, 0.05) is 44.3 Å². The van der Waals surface area contributed by atoms with Crippen LogP contribution in [0.3, 0.4) is 0 Å². The summed E-state index contributed by atoms with van der Waals surface area (Å²) in [6.45, 7) is 48.5. The van der Waals surface area contributed by atoms with Crippen LogP contribution in [0.2, 0.25) is 0 Å². The van der Waals surface area contributed by atoms with E-state index in [2.05, 4.69) is 73.3 Å². The number of hydrogen-bond donors (Lipinski definition) is 3. The topological polar surface area (TPSA) is 237 Å². The smallest absolute Gasteiger partial charge is 0.222 e. The van der Waals surface area contributed by atoms with Crippen LogP contribution in [0.15, 0.2) is 44.3 Å². The molecule has 16 nitrogen and oxygen atoms in total. The van der Waals surface area contributed by atoms with Gasteiger partial charge in [-0.3, -0.25) is 4.79 Å². The van der Waals surface area contributed by atoms with Crippen molar-refractivity contribution in [1.29, 1.82) is 0 Å². The second-order valence-electron chi connectivity index (χ2n) is 9.96. The number of nitrogen functional groups attached to an aromatic ring is 2. The van der Waals surface area contributed by atoms with Crippen molar-refractivity contribution in [3.63, 3.8) is 0 Å². The van der Waals surface area contributed by atoms with E-state index >= 15 is 0 Å². The van der Waals surface area contributed by atoms with Gasteiger partial charge in [0.2, 0.25) is 11.7 Å². The minimum absolute atomic E-state index is 0. The number of aromatic nitrogens is 9. The molecule has 0 spiro atoms. The van der Waals surface area contributed by atoms with E-state index in [1.165, 1.54) is 6.92 Å². The van der Waals surface area contributed by atoms with Crippen molar-refractivity contribution in [2.24, 2.45) is 0 Å². The van der Waals surface area contributed by atoms with Crippen LogP contribution in [-0.2, 0) is 4.79 Å². The zero-order valence-electron chi connectivity index (χ0n) is 46.2. The number of anilines is 3. The second kappa shape index (κ2) is 65.6. The van der Waals surface area contributed by atoms with Crippen LogP contribution in [0.5, 0.6) is 0 Å². The highest BCUT2D eigenvalue weighted by Gasteiger charge is 2.17. The maximum Gasteiger partial charge on any atom is 0.222 e. The summed E-state index contributed by atoms with van der Waals surface area (Å²) >= 11 is 2.15. The Labute approximate surface area is 470 Å². The molecule has 6 aromatic heterocycles. The molecule has 0 saturated carbocycles. The molecule has 0 fully saturated rings. The maximum absolute atomic E-state index is 11.1. The van der Waals surface area contributed by atoms with Crippen LogP contribution < -0.4 is 16.8 Å². The fourth-order valence-electron chi connectivity index (χ4n) is 3.69. The Morgan fingerprint density at radius 1 is 0.493 bits per heavy atom. The summed E-state index contributed by atoms with van der Waals surface area (Å²) in [4.78, 5) is 36.0. The summed E-state index contributed by atoms with van der Waals surface area (Å²) in [5, 5.41) is 14.0. The molecule has 0 aliphatic heterocycles. The number of halogens is 2. The highest BCUT2D eigenvalue weighted by molar-refractivity contribution is 14.1. The highest BCUT2D eigenvalue weighted by atomic mass is 127. The number of nitrogens with one attached hydrogen (secondary N) is 1. The lowest BCUT2D eigenvalue weighted by molar-refractivity contribution is -0.114. The Bertz CT molecular complexity index is 2020. The largest absolute Gasteiger partial charge is 0.382 e. The monoisotopic (exact) mass is 1220 g/mol. The number of amides is 1. The van der Waals surface area contributed by atoms with Crippen LogP contribution in [-0.4, -0.2) is 76.5 Å². The summed E-state index contributed by atoms with van der Waals surface area (Å²) in [7, 11) is 0. The fourth-order valence-corrected chi connectivity index (χ4v) is 4.14. The van der Waals surface area contributed by atoms with Gasteiger partial charge in [0.15, 0.2) is 46.1 Å². The quantitative estimate of drug-likeness (QED) is 0.110. The number of hydrogen-bond acceptors (Lipinski definition) is 15. The van der Waals surface area contributed by atoms with Gasteiger partial charge in [-0.05, 0) is 64.1 Å². The molecular formula is C50H98B3I2N12O4. The van der Waals surface area contributed by atoms with Crippen molar-refractivity contribution in [1.82, 2.24) is 45.4 Å². The van der Waals surface area contributed by atoms with Crippen molar-refractivity contribution in [3.8, 4) is 34.4 Å². The molecule has 0 saturated heterocycles. The van der Waals surface area contributed by atoms with Crippen molar-refractivity contribution < 1.29 is 18.4 Å². The second-order valence-corrected chi connectivity index (χ2v) is 11.0. The molecule has 0 aliphatic carbocycles. The first kappa shape index (κ1) is 99.8. The van der Waals surface area contributed by atoms with Gasteiger partial charge in [0.25, 0.3) is 0 Å². The van der Waals surface area contributed by atoms with Gasteiger partial charge in [-0.2, -0.15) is 0 Å². The molecule has 5 N–H and O–H groups in total. The van der Waals surface area contributed by atoms with Gasteiger partial charge in [-0.1, -0.05) is 162 Å². The zero-order valence-corrected chi connectivity index (χ0v) is 50.7. The number of carbonyl (C=O) groups excluding carboxylic acids is 1. The first-order valence-corrected chi connectivity index (χ1v) is 23.7. The molecule has 0 aromatic carbocycles. The molecule has 6 rings (SSSR count). The van der Waals surface area contributed by atoms with Gasteiger partial charge in [0.05, 0.1) is 56.3 Å². The fraction of sp³-hybridized carbons (Fsp3) is 0.560. The van der Waals surface area contributed by atoms with Crippen molar-refractivity contribution >= 4 is 95.2 Å². The number of aryl methyl sites for hydroxylation is 6. The van der Waals surface area contributed by atoms with Gasteiger partial charge >= 0.3 is 0 Å². The first-order valence-electron chi connectivity index (χ1n) is 22.6. The van der Waals surface area contributed by atoms with E-state index in [0.717, 1.165) is 37.7 Å². The lowest BCUT2D eigenvalue weighted by Gasteiger charge is -2.05. The van der Waals surface area contributed by atoms with Gasteiger partial charge in [0.1, 0.15) is 0 Å². The third-order valence-electron chi connectivity index (χ3n) is 5.76. The number of nitrogens with two attached hydrogens (primary N) is 2. The van der Waals surface area contributed by atoms with Crippen molar-refractivity contribution in [3.05, 3.63) is 68.5 Å². The number of rotatable bonds is 4. The molecule has 0 bridgehead atoms. The Kier molecular flexibility index (Phi) is 92.2. The van der Waals surface area contributed by atoms with Crippen LogP contribution in [0, 0.1) is 45.1 Å². The van der Waals surface area contributed by atoms with Crippen molar-refractivity contribution in [2.75, 3.05) is 16.8 Å². The summed E-state index contributed by atoms with van der Waals surface area (Å²) in [5.41, 5.74) is 17.7. The van der Waals surface area contributed by atoms with E-state index in [1.54, 1.807) is 30.7 Å². The molecule has 21 heteroatoms. The lowest BCUT2D eigenvalue weighted by Crippen LogP contribution is -2.09. The number of nitrogens with zero attached hydrogens (tertiary/aromatic N) is 9. The lowest BCUT2D eigenvalue weighted by atomic mass is 10.3. The van der Waals surface area contributed by atoms with Crippen LogP contribution in [0.4, 0.5) is 17.5 Å². The number of carbonyl (C=O) groups is 1. The Morgan fingerprint density at radius 2 is 0.803 bits per heavy atom.